The third-order valence-corrected chi connectivity index (χ3v) is 5.20. The molecule has 0 aliphatic heterocycles. The summed E-state index contributed by atoms with van der Waals surface area (Å²) in [5.41, 5.74) is 4.99. The van der Waals surface area contributed by atoms with Gasteiger partial charge in [-0.05, 0) is 34.1 Å². The van der Waals surface area contributed by atoms with Crippen molar-refractivity contribution in [2.75, 3.05) is 33.0 Å². The molecule has 0 fully saturated rings. The summed E-state index contributed by atoms with van der Waals surface area (Å²) in [5, 5.41) is 10.1. The van der Waals surface area contributed by atoms with Gasteiger partial charge in [-0.1, -0.05) is 0 Å². The van der Waals surface area contributed by atoms with Crippen molar-refractivity contribution in [2.45, 2.75) is 40.2 Å². The summed E-state index contributed by atoms with van der Waals surface area (Å²) in [6, 6.07) is 0.171. The number of aliphatic hydroxyl groups is 1. The normalized spacial score (nSPS) is 10.7. The lowest BCUT2D eigenvalue weighted by atomic mass is 10.5. The molecule has 0 saturated carbocycles. The number of amides is 2. The highest BCUT2D eigenvalue weighted by atomic mass is 28.4. The molecule has 20 heavy (non-hydrogen) atoms. The minimum atomic E-state index is -2.56. The standard InChI is InChI=1S/C10H24N2O4Si.C2H6O/c1-4-14-17(15-5-2,16-6-3)9-7-8-12-10(11)13;1-2-3/h4-9H2,1-3H3,(H3,11,12,13);3H,2H2,1H3. The molecule has 2 amide bonds. The van der Waals surface area contributed by atoms with Crippen LogP contribution in [0, 0.1) is 0 Å². The van der Waals surface area contributed by atoms with Crippen LogP contribution >= 0.6 is 0 Å². The highest BCUT2D eigenvalue weighted by Gasteiger charge is 2.39. The summed E-state index contributed by atoms with van der Waals surface area (Å²) in [6.45, 7) is 9.89. The van der Waals surface area contributed by atoms with Crippen molar-refractivity contribution in [1.29, 1.82) is 0 Å². The molecule has 7 nitrogen and oxygen atoms in total. The lowest BCUT2D eigenvalue weighted by Crippen LogP contribution is -2.46. The van der Waals surface area contributed by atoms with Gasteiger partial charge in [0.2, 0.25) is 0 Å². The molecule has 0 aliphatic carbocycles. The Labute approximate surface area is 123 Å². The Kier molecular flexibility index (Phi) is 15.9. The van der Waals surface area contributed by atoms with E-state index < -0.39 is 14.8 Å². The van der Waals surface area contributed by atoms with Crippen molar-refractivity contribution >= 4 is 14.8 Å². The first-order valence-corrected chi connectivity index (χ1v) is 9.00. The predicted octanol–water partition coefficient (Wildman–Crippen LogP) is 1.09. The van der Waals surface area contributed by atoms with Crippen LogP contribution in [0.1, 0.15) is 34.1 Å². The van der Waals surface area contributed by atoms with Crippen molar-refractivity contribution in [2.24, 2.45) is 5.73 Å². The summed E-state index contributed by atoms with van der Waals surface area (Å²) in [4.78, 5) is 10.5. The molecule has 8 heteroatoms. The maximum Gasteiger partial charge on any atom is 0.500 e. The van der Waals surface area contributed by atoms with Gasteiger partial charge in [-0.15, -0.1) is 0 Å². The third-order valence-electron chi connectivity index (χ3n) is 2.05. The average molecular weight is 310 g/mol. The first kappa shape index (κ1) is 21.6. The van der Waals surface area contributed by atoms with E-state index in [0.717, 1.165) is 6.42 Å². The zero-order valence-electron chi connectivity index (χ0n) is 13.1. The smallest absolute Gasteiger partial charge is 0.397 e. The molecule has 0 aromatic heterocycles. The molecule has 122 valence electrons. The highest BCUT2D eigenvalue weighted by Crippen LogP contribution is 2.17. The number of primary amides is 1. The first-order chi connectivity index (χ1) is 9.51. The zero-order valence-corrected chi connectivity index (χ0v) is 14.1. The van der Waals surface area contributed by atoms with E-state index in [2.05, 4.69) is 5.32 Å². The van der Waals surface area contributed by atoms with Gasteiger partial charge >= 0.3 is 14.8 Å². The molecule has 0 unspecified atom stereocenters. The Balaban J connectivity index is 0. The van der Waals surface area contributed by atoms with Crippen molar-refractivity contribution in [3.8, 4) is 0 Å². The van der Waals surface area contributed by atoms with Crippen LogP contribution in [0.4, 0.5) is 4.79 Å². The van der Waals surface area contributed by atoms with Gasteiger partial charge in [-0.2, -0.15) is 0 Å². The van der Waals surface area contributed by atoms with Crippen LogP contribution < -0.4 is 11.1 Å². The van der Waals surface area contributed by atoms with Crippen LogP contribution in [0.25, 0.3) is 0 Å². The lowest BCUT2D eigenvalue weighted by molar-refractivity contribution is 0.0708. The molecule has 0 aromatic rings. The van der Waals surface area contributed by atoms with Gasteiger partial charge in [-0.25, -0.2) is 4.79 Å². The number of rotatable bonds is 10. The Morgan fingerprint density at radius 3 is 1.80 bits per heavy atom. The monoisotopic (exact) mass is 310 g/mol. The minimum Gasteiger partial charge on any atom is -0.397 e. The number of urea groups is 1. The second-order valence-electron chi connectivity index (χ2n) is 3.69. The molecule has 0 rings (SSSR count). The molecular weight excluding hydrogens is 280 g/mol. The van der Waals surface area contributed by atoms with E-state index in [9.17, 15) is 4.79 Å². The largest absolute Gasteiger partial charge is 0.500 e. The third kappa shape index (κ3) is 12.4. The van der Waals surface area contributed by atoms with Crippen LogP contribution in [0.5, 0.6) is 0 Å². The molecule has 4 N–H and O–H groups in total. The van der Waals surface area contributed by atoms with Crippen LogP contribution in [-0.4, -0.2) is 52.9 Å². The number of carbonyl (C=O) groups excluding carboxylic acids is 1. The first-order valence-electron chi connectivity index (χ1n) is 7.07. The number of hydrogen-bond acceptors (Lipinski definition) is 5. The summed E-state index contributed by atoms with van der Waals surface area (Å²) in [6.07, 6.45) is 0.731. The number of aliphatic hydroxyl groups excluding tert-OH is 1. The van der Waals surface area contributed by atoms with Crippen molar-refractivity contribution in [1.82, 2.24) is 5.32 Å². The maximum atomic E-state index is 10.5. The fourth-order valence-electron chi connectivity index (χ4n) is 1.52. The quantitative estimate of drug-likeness (QED) is 0.414. The average Bonchev–Trinajstić information content (AvgIpc) is 2.36. The van der Waals surface area contributed by atoms with E-state index in [-0.39, 0.29) is 6.61 Å². The van der Waals surface area contributed by atoms with Gasteiger partial charge in [0.1, 0.15) is 0 Å². The SMILES string of the molecule is CCO.CCO[Si](CCCNC(N)=O)(OCC)OCC. The molecule has 0 atom stereocenters. The molecule has 0 heterocycles. The van der Waals surface area contributed by atoms with Gasteiger partial charge < -0.3 is 29.4 Å². The summed E-state index contributed by atoms with van der Waals surface area (Å²) >= 11 is 0. The number of carbonyl (C=O) groups is 1. The number of nitrogens with one attached hydrogen (secondary N) is 1. The van der Waals surface area contributed by atoms with Gasteiger partial charge in [0, 0.05) is 39.0 Å². The molecule has 0 spiro atoms. The Bertz CT molecular complexity index is 215. The van der Waals surface area contributed by atoms with Gasteiger partial charge in [-0.3, -0.25) is 0 Å². The van der Waals surface area contributed by atoms with Crippen LogP contribution in [0.2, 0.25) is 6.04 Å². The van der Waals surface area contributed by atoms with E-state index in [1.807, 2.05) is 20.8 Å². The minimum absolute atomic E-state index is 0.250. The molecule has 0 saturated heterocycles. The van der Waals surface area contributed by atoms with Crippen LogP contribution in [0.3, 0.4) is 0 Å². The predicted molar refractivity (Wildman–Crippen MR) is 80.4 cm³/mol. The zero-order chi connectivity index (χ0) is 15.9. The van der Waals surface area contributed by atoms with Crippen molar-refractivity contribution in [3.63, 3.8) is 0 Å². The van der Waals surface area contributed by atoms with Crippen molar-refractivity contribution in [3.05, 3.63) is 0 Å². The molecule has 0 bridgehead atoms. The molecule has 0 radical (unpaired) electrons. The molecule has 0 aliphatic rings. The Hall–Kier alpha value is -0.673. The lowest BCUT2D eigenvalue weighted by Gasteiger charge is -2.28. The van der Waals surface area contributed by atoms with E-state index in [4.69, 9.17) is 24.1 Å². The van der Waals surface area contributed by atoms with Gasteiger partial charge in [0.15, 0.2) is 0 Å². The number of nitrogens with two attached hydrogens (primary N) is 1. The number of hydrogen-bond donors (Lipinski definition) is 3. The van der Waals surface area contributed by atoms with E-state index in [1.54, 1.807) is 6.92 Å². The van der Waals surface area contributed by atoms with E-state index in [0.29, 0.717) is 32.4 Å². The Morgan fingerprint density at radius 1 is 1.10 bits per heavy atom. The summed E-state index contributed by atoms with van der Waals surface area (Å²) < 4.78 is 17.0. The van der Waals surface area contributed by atoms with Crippen molar-refractivity contribution < 1.29 is 23.2 Å². The fraction of sp³-hybridized carbons (Fsp3) is 0.917. The molecule has 0 aromatic carbocycles. The second kappa shape index (κ2) is 14.7. The van der Waals surface area contributed by atoms with Gasteiger partial charge in [0.05, 0.1) is 0 Å². The topological polar surface area (TPSA) is 103 Å². The fourth-order valence-corrected chi connectivity index (χ4v) is 4.13. The highest BCUT2D eigenvalue weighted by molar-refractivity contribution is 6.60. The summed E-state index contributed by atoms with van der Waals surface area (Å²) in [7, 11) is -2.56. The Morgan fingerprint density at radius 2 is 1.50 bits per heavy atom. The van der Waals surface area contributed by atoms with Crippen LogP contribution in [0.15, 0.2) is 0 Å². The maximum absolute atomic E-state index is 10.5. The van der Waals surface area contributed by atoms with Crippen LogP contribution in [-0.2, 0) is 13.3 Å². The molecular formula is C12H30N2O5Si. The summed E-state index contributed by atoms with van der Waals surface area (Å²) in [5.74, 6) is 0. The second-order valence-corrected chi connectivity index (χ2v) is 6.42. The van der Waals surface area contributed by atoms with E-state index >= 15 is 0 Å². The van der Waals surface area contributed by atoms with Gasteiger partial charge in [0.25, 0.3) is 0 Å². The van der Waals surface area contributed by atoms with E-state index in [1.165, 1.54) is 0 Å².